The first-order chi connectivity index (χ1) is 10.8. The van der Waals surface area contributed by atoms with Crippen molar-refractivity contribution >= 4 is 6.08 Å². The number of benzene rings is 1. The van der Waals surface area contributed by atoms with E-state index in [1.54, 1.807) is 0 Å². The van der Waals surface area contributed by atoms with Gasteiger partial charge in [0.05, 0.1) is 12.2 Å². The van der Waals surface area contributed by atoms with Crippen LogP contribution in [-0.4, -0.2) is 44.6 Å². The first kappa shape index (κ1) is 14.2. The van der Waals surface area contributed by atoms with Gasteiger partial charge in [-0.15, -0.1) is 0 Å². The quantitative estimate of drug-likeness (QED) is 0.930. The van der Waals surface area contributed by atoms with E-state index < -0.39 is 0 Å². The van der Waals surface area contributed by atoms with Gasteiger partial charge in [0, 0.05) is 37.8 Å². The van der Waals surface area contributed by atoms with E-state index in [0.29, 0.717) is 12.6 Å². The summed E-state index contributed by atoms with van der Waals surface area (Å²) in [5.41, 5.74) is 2.46. The summed E-state index contributed by atoms with van der Waals surface area (Å²) in [5.74, 6) is 0.986. The lowest BCUT2D eigenvalue weighted by atomic mass is 9.89. The lowest BCUT2D eigenvalue weighted by Crippen LogP contribution is -2.48. The van der Waals surface area contributed by atoms with Crippen molar-refractivity contribution in [1.82, 2.24) is 5.32 Å². The molecule has 2 unspecified atom stereocenters. The van der Waals surface area contributed by atoms with Crippen molar-refractivity contribution in [1.29, 1.82) is 0 Å². The lowest BCUT2D eigenvalue weighted by molar-refractivity contribution is -0.0890. The average Bonchev–Trinajstić information content (AvgIpc) is 3.00. The number of ether oxygens (including phenoxy) is 3. The Kier molecular flexibility index (Phi) is 3.90. The van der Waals surface area contributed by atoms with Crippen LogP contribution in [0.1, 0.15) is 24.8 Å². The molecule has 3 heterocycles. The SMILES string of the molecule is C1=C(CNC2CCOC3(CCOC3)C2)COc2ccccc21. The molecule has 0 aromatic heterocycles. The van der Waals surface area contributed by atoms with Crippen molar-refractivity contribution in [3.63, 3.8) is 0 Å². The van der Waals surface area contributed by atoms with Gasteiger partial charge in [0.2, 0.25) is 0 Å². The molecule has 1 spiro atoms. The van der Waals surface area contributed by atoms with Gasteiger partial charge in [0.15, 0.2) is 0 Å². The molecule has 118 valence electrons. The maximum Gasteiger partial charge on any atom is 0.127 e. The summed E-state index contributed by atoms with van der Waals surface area (Å²) in [6.07, 6.45) is 5.41. The molecule has 3 aliphatic rings. The van der Waals surface area contributed by atoms with Crippen molar-refractivity contribution in [3.05, 3.63) is 35.4 Å². The van der Waals surface area contributed by atoms with E-state index in [4.69, 9.17) is 14.2 Å². The smallest absolute Gasteiger partial charge is 0.127 e. The Morgan fingerprint density at radius 1 is 1.23 bits per heavy atom. The Morgan fingerprint density at radius 2 is 2.18 bits per heavy atom. The van der Waals surface area contributed by atoms with Gasteiger partial charge in [-0.3, -0.25) is 0 Å². The zero-order valence-electron chi connectivity index (χ0n) is 12.8. The Balaban J connectivity index is 1.36. The van der Waals surface area contributed by atoms with Crippen LogP contribution in [0.2, 0.25) is 0 Å². The molecule has 2 atom stereocenters. The first-order valence-electron chi connectivity index (χ1n) is 8.19. The van der Waals surface area contributed by atoms with Crippen LogP contribution in [0.4, 0.5) is 0 Å². The summed E-state index contributed by atoms with van der Waals surface area (Å²) in [6.45, 7) is 3.99. The summed E-state index contributed by atoms with van der Waals surface area (Å²) < 4.78 is 17.3. The molecule has 4 heteroatoms. The molecule has 1 aromatic carbocycles. The summed E-state index contributed by atoms with van der Waals surface area (Å²) in [4.78, 5) is 0. The molecule has 1 N–H and O–H groups in total. The molecule has 3 aliphatic heterocycles. The van der Waals surface area contributed by atoms with Crippen LogP contribution in [0.25, 0.3) is 6.08 Å². The molecule has 0 amide bonds. The van der Waals surface area contributed by atoms with Gasteiger partial charge >= 0.3 is 0 Å². The summed E-state index contributed by atoms with van der Waals surface area (Å²) >= 11 is 0. The van der Waals surface area contributed by atoms with E-state index in [9.17, 15) is 0 Å². The van der Waals surface area contributed by atoms with Gasteiger partial charge in [-0.25, -0.2) is 0 Å². The van der Waals surface area contributed by atoms with E-state index in [1.807, 2.05) is 12.1 Å². The second-order valence-corrected chi connectivity index (χ2v) is 6.53. The van der Waals surface area contributed by atoms with Crippen molar-refractivity contribution in [2.24, 2.45) is 0 Å². The highest BCUT2D eigenvalue weighted by Crippen LogP contribution is 2.33. The highest BCUT2D eigenvalue weighted by molar-refractivity contribution is 5.62. The molecule has 22 heavy (non-hydrogen) atoms. The minimum Gasteiger partial charge on any atom is -0.489 e. The van der Waals surface area contributed by atoms with Crippen LogP contribution in [0.15, 0.2) is 29.8 Å². The molecule has 4 rings (SSSR count). The average molecular weight is 301 g/mol. The summed E-state index contributed by atoms with van der Waals surface area (Å²) in [6, 6.07) is 8.71. The Bertz CT molecular complexity index is 563. The summed E-state index contributed by atoms with van der Waals surface area (Å²) in [7, 11) is 0. The predicted octanol–water partition coefficient (Wildman–Crippen LogP) is 2.39. The highest BCUT2D eigenvalue weighted by atomic mass is 16.6. The second kappa shape index (κ2) is 6.03. The van der Waals surface area contributed by atoms with E-state index >= 15 is 0 Å². The molecule has 0 bridgehead atoms. The largest absolute Gasteiger partial charge is 0.489 e. The fraction of sp³-hybridized carbons (Fsp3) is 0.556. The van der Waals surface area contributed by atoms with Crippen molar-refractivity contribution < 1.29 is 14.2 Å². The lowest BCUT2D eigenvalue weighted by Gasteiger charge is -2.37. The van der Waals surface area contributed by atoms with Crippen molar-refractivity contribution in [2.45, 2.75) is 30.9 Å². The summed E-state index contributed by atoms with van der Waals surface area (Å²) in [5, 5.41) is 3.69. The maximum absolute atomic E-state index is 5.99. The third-order valence-electron chi connectivity index (χ3n) is 4.87. The molecule has 1 aromatic rings. The third-order valence-corrected chi connectivity index (χ3v) is 4.87. The zero-order valence-corrected chi connectivity index (χ0v) is 12.8. The van der Waals surface area contributed by atoms with Crippen LogP contribution < -0.4 is 10.1 Å². The standard InChI is InChI=1S/C18H23NO3/c1-2-4-17-15(3-1)9-14(12-21-17)11-19-16-5-7-22-18(10-16)6-8-20-13-18/h1-4,9,16,19H,5-8,10-13H2. The number of para-hydroxylation sites is 1. The van der Waals surface area contributed by atoms with E-state index in [1.165, 1.54) is 11.1 Å². The third kappa shape index (κ3) is 2.91. The minimum absolute atomic E-state index is 0.0278. The molecule has 0 saturated carbocycles. The van der Waals surface area contributed by atoms with Crippen LogP contribution in [-0.2, 0) is 9.47 Å². The Labute approximate surface area is 131 Å². The van der Waals surface area contributed by atoms with Gasteiger partial charge in [0.25, 0.3) is 0 Å². The first-order valence-corrected chi connectivity index (χ1v) is 8.19. The molecule has 0 radical (unpaired) electrons. The number of hydrogen-bond donors (Lipinski definition) is 1. The van der Waals surface area contributed by atoms with Gasteiger partial charge in [0.1, 0.15) is 12.4 Å². The molecule has 0 aliphatic carbocycles. The van der Waals surface area contributed by atoms with Crippen LogP contribution in [0.5, 0.6) is 5.75 Å². The van der Waals surface area contributed by atoms with Crippen molar-refractivity contribution in [3.8, 4) is 5.75 Å². The fourth-order valence-corrected chi connectivity index (χ4v) is 3.61. The van der Waals surface area contributed by atoms with Gasteiger partial charge in [-0.2, -0.15) is 0 Å². The number of nitrogens with one attached hydrogen (secondary N) is 1. The minimum atomic E-state index is -0.0278. The van der Waals surface area contributed by atoms with Crippen molar-refractivity contribution in [2.75, 3.05) is 33.0 Å². The van der Waals surface area contributed by atoms with Crippen LogP contribution in [0.3, 0.4) is 0 Å². The molecular formula is C18H23NO3. The van der Waals surface area contributed by atoms with Crippen LogP contribution >= 0.6 is 0 Å². The van der Waals surface area contributed by atoms with Crippen LogP contribution in [0, 0.1) is 0 Å². The van der Waals surface area contributed by atoms with E-state index in [-0.39, 0.29) is 5.60 Å². The molecule has 4 nitrogen and oxygen atoms in total. The topological polar surface area (TPSA) is 39.7 Å². The van der Waals surface area contributed by atoms with Gasteiger partial charge in [-0.05, 0) is 30.6 Å². The Hall–Kier alpha value is -1.36. The van der Waals surface area contributed by atoms with Gasteiger partial charge in [-0.1, -0.05) is 18.2 Å². The highest BCUT2D eigenvalue weighted by Gasteiger charge is 2.40. The molecular weight excluding hydrogens is 278 g/mol. The number of fused-ring (bicyclic) bond motifs is 1. The number of hydrogen-bond acceptors (Lipinski definition) is 4. The zero-order chi connectivity index (χ0) is 14.8. The van der Waals surface area contributed by atoms with Gasteiger partial charge < -0.3 is 19.5 Å². The predicted molar refractivity (Wildman–Crippen MR) is 85.1 cm³/mol. The monoisotopic (exact) mass is 301 g/mol. The van der Waals surface area contributed by atoms with E-state index in [0.717, 1.165) is 51.4 Å². The number of rotatable bonds is 3. The van der Waals surface area contributed by atoms with E-state index in [2.05, 4.69) is 23.5 Å². The molecule has 2 saturated heterocycles. The normalized spacial score (nSPS) is 30.7. The fourth-order valence-electron chi connectivity index (χ4n) is 3.61. The second-order valence-electron chi connectivity index (χ2n) is 6.53. The maximum atomic E-state index is 5.99. The Morgan fingerprint density at radius 3 is 3.09 bits per heavy atom. The molecule has 2 fully saturated rings.